The molecule has 0 unspecified atom stereocenters. The maximum atomic E-state index is 9.49. The summed E-state index contributed by atoms with van der Waals surface area (Å²) in [4.78, 5) is 9.49. The Kier molecular flexibility index (Phi) is 1.87. The van der Waals surface area contributed by atoms with Crippen LogP contribution in [-0.4, -0.2) is 11.1 Å². The molecule has 0 rings (SSSR count). The molecule has 0 heterocycles. The Morgan fingerprint density at radius 3 is 2.00 bits per heavy atom. The second kappa shape index (κ2) is 1.97. The molecule has 3 heteroatoms. The third-order valence-corrected chi connectivity index (χ3v) is 0.543. The van der Waals surface area contributed by atoms with Crippen molar-refractivity contribution < 1.29 is 9.90 Å². The Balaban J connectivity index is 3.57. The molecule has 0 amide bonds. The van der Waals surface area contributed by atoms with Crippen molar-refractivity contribution in [3.05, 3.63) is 11.1 Å². The molecule has 0 spiro atoms. The van der Waals surface area contributed by atoms with E-state index in [2.05, 4.69) is 22.5 Å². The molecule has 0 aliphatic heterocycles. The van der Waals surface area contributed by atoms with Crippen LogP contribution in [0.25, 0.3) is 0 Å². The molecule has 2 nitrogen and oxygen atoms in total. The van der Waals surface area contributed by atoms with Crippen molar-refractivity contribution in [2.75, 3.05) is 0 Å². The predicted octanol–water partition coefficient (Wildman–Crippen LogP) is 0.783. The summed E-state index contributed by atoms with van der Waals surface area (Å²) in [5.41, 5.74) is 0. The summed E-state index contributed by atoms with van der Waals surface area (Å²) in [6.45, 7) is 4.67. The van der Waals surface area contributed by atoms with E-state index < -0.39 is 5.97 Å². The smallest absolute Gasteiger partial charge is 0.342 e. The zero-order valence-corrected chi connectivity index (χ0v) is 4.40. The largest absolute Gasteiger partial charge is 0.477 e. The number of halogens is 1. The van der Waals surface area contributed by atoms with Crippen LogP contribution in [0.5, 0.6) is 0 Å². The maximum absolute atomic E-state index is 9.49. The molecule has 0 aromatic rings. The van der Waals surface area contributed by atoms with E-state index in [1.807, 2.05) is 0 Å². The zero-order valence-electron chi connectivity index (χ0n) is 2.81. The minimum Gasteiger partial charge on any atom is -0.477 e. The van der Waals surface area contributed by atoms with Gasteiger partial charge >= 0.3 is 5.97 Å². The van der Waals surface area contributed by atoms with E-state index in [0.717, 1.165) is 0 Å². The lowest BCUT2D eigenvalue weighted by Crippen LogP contribution is -1.89. The first-order chi connectivity index (χ1) is 2.64. The van der Waals surface area contributed by atoms with Crippen LogP contribution in [0.1, 0.15) is 0 Å². The number of hydrogen-bond donors (Lipinski definition) is 1. The highest BCUT2D eigenvalue weighted by molar-refractivity contribution is 9.12. The highest BCUT2D eigenvalue weighted by Crippen LogP contribution is 1.96. The SMILES string of the molecule is [CH]=C(Br)C(=O)O. The Labute approximate surface area is 43.6 Å². The second-order valence-electron chi connectivity index (χ2n) is 0.653. The van der Waals surface area contributed by atoms with Gasteiger partial charge in [-0.15, -0.1) is 0 Å². The molecule has 1 radical (unpaired) electrons. The summed E-state index contributed by atoms with van der Waals surface area (Å²) in [7, 11) is 0. The van der Waals surface area contributed by atoms with Crippen LogP contribution in [0.2, 0.25) is 0 Å². The van der Waals surface area contributed by atoms with Gasteiger partial charge in [0.05, 0.1) is 0 Å². The average molecular weight is 150 g/mol. The minimum atomic E-state index is -1.13. The Bertz CT molecular complexity index is 74.8. The first kappa shape index (κ1) is 5.69. The van der Waals surface area contributed by atoms with Crippen molar-refractivity contribution >= 4 is 21.9 Å². The normalized spacial score (nSPS) is 7.50. The summed E-state index contributed by atoms with van der Waals surface area (Å²) >= 11 is 2.53. The number of carbonyl (C=O) groups is 1. The first-order valence-electron chi connectivity index (χ1n) is 1.16. The lowest BCUT2D eigenvalue weighted by Gasteiger charge is -1.76. The molecule has 0 atom stereocenters. The van der Waals surface area contributed by atoms with E-state index >= 15 is 0 Å². The van der Waals surface area contributed by atoms with Crippen LogP contribution in [0.3, 0.4) is 0 Å². The third-order valence-electron chi connectivity index (χ3n) is 0.204. The summed E-state index contributed by atoms with van der Waals surface area (Å²) < 4.78 is -0.262. The molecular formula is C3H2BrO2. The van der Waals surface area contributed by atoms with Gasteiger partial charge in [0, 0.05) is 0 Å². The molecule has 0 bridgehead atoms. The fraction of sp³-hybridized carbons (Fsp3) is 0. The van der Waals surface area contributed by atoms with Gasteiger partial charge in [-0.25, -0.2) is 4.79 Å². The molecule has 33 valence electrons. The van der Waals surface area contributed by atoms with Gasteiger partial charge in [0.1, 0.15) is 4.48 Å². The number of aliphatic carboxylic acids is 1. The van der Waals surface area contributed by atoms with Crippen molar-refractivity contribution in [1.82, 2.24) is 0 Å². The molecule has 0 aliphatic rings. The van der Waals surface area contributed by atoms with E-state index in [0.29, 0.717) is 0 Å². The molecule has 0 saturated heterocycles. The lowest BCUT2D eigenvalue weighted by atomic mass is 10.7. The van der Waals surface area contributed by atoms with Crippen LogP contribution in [0.15, 0.2) is 4.48 Å². The topological polar surface area (TPSA) is 37.3 Å². The van der Waals surface area contributed by atoms with Gasteiger partial charge in [-0.05, 0) is 22.5 Å². The maximum Gasteiger partial charge on any atom is 0.342 e. The van der Waals surface area contributed by atoms with Crippen LogP contribution in [0.4, 0.5) is 0 Å². The van der Waals surface area contributed by atoms with Crippen LogP contribution in [0, 0.1) is 6.58 Å². The van der Waals surface area contributed by atoms with Crippen LogP contribution in [-0.2, 0) is 4.79 Å². The van der Waals surface area contributed by atoms with E-state index in [-0.39, 0.29) is 4.48 Å². The molecular weight excluding hydrogens is 148 g/mol. The van der Waals surface area contributed by atoms with E-state index in [4.69, 9.17) is 5.11 Å². The van der Waals surface area contributed by atoms with Gasteiger partial charge < -0.3 is 5.11 Å². The predicted molar refractivity (Wildman–Crippen MR) is 24.4 cm³/mol. The van der Waals surface area contributed by atoms with Gasteiger partial charge in [0.25, 0.3) is 0 Å². The van der Waals surface area contributed by atoms with Gasteiger partial charge in [-0.1, -0.05) is 0 Å². The first-order valence-corrected chi connectivity index (χ1v) is 1.95. The summed E-state index contributed by atoms with van der Waals surface area (Å²) in [5.74, 6) is -1.13. The fourth-order valence-corrected chi connectivity index (χ4v) is 0. The number of rotatable bonds is 1. The van der Waals surface area contributed by atoms with Crippen LogP contribution >= 0.6 is 15.9 Å². The van der Waals surface area contributed by atoms with Crippen molar-refractivity contribution in [1.29, 1.82) is 0 Å². The summed E-state index contributed by atoms with van der Waals surface area (Å²) in [6, 6.07) is 0. The molecule has 0 fully saturated rings. The van der Waals surface area contributed by atoms with Gasteiger partial charge in [-0.3, -0.25) is 0 Å². The van der Waals surface area contributed by atoms with Gasteiger partial charge in [0.15, 0.2) is 0 Å². The molecule has 1 N–H and O–H groups in total. The highest BCUT2D eigenvalue weighted by Gasteiger charge is 1.93. The molecule has 0 aromatic carbocycles. The average Bonchev–Trinajstić information content (AvgIpc) is 1.36. The Morgan fingerprint density at radius 1 is 1.83 bits per heavy atom. The fourth-order valence-electron chi connectivity index (χ4n) is 0. The summed E-state index contributed by atoms with van der Waals surface area (Å²) in [6.07, 6.45) is 0. The van der Waals surface area contributed by atoms with Crippen molar-refractivity contribution in [3.63, 3.8) is 0 Å². The van der Waals surface area contributed by atoms with Crippen molar-refractivity contribution in [3.8, 4) is 0 Å². The lowest BCUT2D eigenvalue weighted by molar-refractivity contribution is -0.131. The summed E-state index contributed by atoms with van der Waals surface area (Å²) in [5, 5.41) is 7.78. The van der Waals surface area contributed by atoms with Crippen molar-refractivity contribution in [2.24, 2.45) is 0 Å². The molecule has 0 aromatic heterocycles. The minimum absolute atomic E-state index is 0.262. The highest BCUT2D eigenvalue weighted by atomic mass is 79.9. The zero-order chi connectivity index (χ0) is 5.15. The number of carboxylic acids is 1. The Hall–Kier alpha value is -0.310. The Morgan fingerprint density at radius 2 is 2.00 bits per heavy atom. The van der Waals surface area contributed by atoms with E-state index in [1.165, 1.54) is 0 Å². The monoisotopic (exact) mass is 149 g/mol. The van der Waals surface area contributed by atoms with Crippen molar-refractivity contribution in [2.45, 2.75) is 0 Å². The standard InChI is InChI=1S/C3H2BrO2/c1-2(4)3(5)6/h1H,(H,5,6). The van der Waals surface area contributed by atoms with E-state index in [1.54, 1.807) is 0 Å². The quantitative estimate of drug-likeness (QED) is 0.560. The number of carboxylic acid groups (broad SMARTS) is 1. The second-order valence-corrected chi connectivity index (χ2v) is 1.51. The molecule has 0 aliphatic carbocycles. The molecule has 6 heavy (non-hydrogen) atoms. The third kappa shape index (κ3) is 1.96. The van der Waals surface area contributed by atoms with Gasteiger partial charge in [0.2, 0.25) is 0 Å². The van der Waals surface area contributed by atoms with Gasteiger partial charge in [-0.2, -0.15) is 0 Å². The number of hydrogen-bond acceptors (Lipinski definition) is 1. The van der Waals surface area contributed by atoms with Crippen LogP contribution < -0.4 is 0 Å². The van der Waals surface area contributed by atoms with E-state index in [9.17, 15) is 4.79 Å². The molecule has 0 saturated carbocycles.